The first-order valence-electron chi connectivity index (χ1n) is 10.0. The van der Waals surface area contributed by atoms with Crippen LogP contribution in [0.3, 0.4) is 0 Å². The van der Waals surface area contributed by atoms with Gasteiger partial charge in [0.05, 0.1) is 6.04 Å². The van der Waals surface area contributed by atoms with Crippen molar-refractivity contribution >= 4 is 28.0 Å². The molecule has 0 bridgehead atoms. The first-order valence-corrected chi connectivity index (χ1v) is 10.8. The van der Waals surface area contributed by atoms with Crippen LogP contribution in [0.15, 0.2) is 77.3 Å². The Morgan fingerprint density at radius 1 is 1.00 bits per heavy atom. The van der Waals surface area contributed by atoms with Gasteiger partial charge in [0.2, 0.25) is 0 Å². The molecular formula is C25H22BrNO4. The Morgan fingerprint density at radius 2 is 1.61 bits per heavy atom. The summed E-state index contributed by atoms with van der Waals surface area (Å²) in [6, 6.07) is 23.2. The van der Waals surface area contributed by atoms with E-state index in [1.54, 1.807) is 6.92 Å². The van der Waals surface area contributed by atoms with Crippen molar-refractivity contribution in [1.82, 2.24) is 4.90 Å². The summed E-state index contributed by atoms with van der Waals surface area (Å²) in [6.45, 7) is 1.50. The maximum atomic E-state index is 13.0. The molecule has 3 aromatic carbocycles. The molecule has 1 aliphatic carbocycles. The summed E-state index contributed by atoms with van der Waals surface area (Å²) in [5, 5.41) is 9.36. The Kier molecular flexibility index (Phi) is 6.09. The van der Waals surface area contributed by atoms with Crippen molar-refractivity contribution in [3.8, 4) is 11.1 Å². The van der Waals surface area contributed by atoms with Crippen molar-refractivity contribution in [2.75, 3.05) is 13.2 Å². The second-order valence-corrected chi connectivity index (χ2v) is 8.47. The molecule has 0 aromatic heterocycles. The molecule has 0 aliphatic heterocycles. The van der Waals surface area contributed by atoms with E-state index in [0.29, 0.717) is 0 Å². The number of halogens is 1. The summed E-state index contributed by atoms with van der Waals surface area (Å²) >= 11 is 3.42. The normalized spacial score (nSPS) is 13.2. The first-order chi connectivity index (χ1) is 15.0. The summed E-state index contributed by atoms with van der Waals surface area (Å²) < 4.78 is 6.55. The van der Waals surface area contributed by atoms with Crippen LogP contribution in [0.2, 0.25) is 0 Å². The van der Waals surface area contributed by atoms with Crippen molar-refractivity contribution in [3.63, 3.8) is 0 Å². The lowest BCUT2D eigenvalue weighted by Crippen LogP contribution is -2.38. The molecule has 0 fully saturated rings. The van der Waals surface area contributed by atoms with Crippen LogP contribution in [-0.2, 0) is 9.53 Å². The van der Waals surface area contributed by atoms with Crippen molar-refractivity contribution < 1.29 is 19.4 Å². The fourth-order valence-corrected chi connectivity index (χ4v) is 4.55. The molecule has 31 heavy (non-hydrogen) atoms. The quantitative estimate of drug-likeness (QED) is 0.481. The van der Waals surface area contributed by atoms with Gasteiger partial charge in [-0.2, -0.15) is 0 Å². The highest BCUT2D eigenvalue weighted by atomic mass is 79.9. The Morgan fingerprint density at radius 3 is 2.19 bits per heavy atom. The number of hydrogen-bond acceptors (Lipinski definition) is 3. The summed E-state index contributed by atoms with van der Waals surface area (Å²) in [6.07, 6.45) is -0.642. The highest BCUT2D eigenvalue weighted by Crippen LogP contribution is 2.44. The van der Waals surface area contributed by atoms with E-state index in [-0.39, 0.29) is 12.5 Å². The van der Waals surface area contributed by atoms with Crippen LogP contribution >= 0.6 is 15.9 Å². The number of carbonyl (C=O) groups excluding carboxylic acids is 1. The van der Waals surface area contributed by atoms with Crippen LogP contribution in [0.5, 0.6) is 0 Å². The topological polar surface area (TPSA) is 66.8 Å². The third-order valence-electron chi connectivity index (χ3n) is 5.67. The zero-order valence-electron chi connectivity index (χ0n) is 17.0. The zero-order chi connectivity index (χ0) is 22.0. The Labute approximate surface area is 189 Å². The molecule has 0 saturated heterocycles. The molecule has 0 heterocycles. The molecule has 0 radical (unpaired) electrons. The predicted octanol–water partition coefficient (Wildman–Crippen LogP) is 5.85. The molecule has 0 saturated carbocycles. The second kappa shape index (κ2) is 8.94. The lowest BCUT2D eigenvalue weighted by Gasteiger charge is -2.28. The molecule has 1 amide bonds. The van der Waals surface area contributed by atoms with E-state index in [9.17, 15) is 14.7 Å². The summed E-state index contributed by atoms with van der Waals surface area (Å²) in [5.41, 5.74) is 5.33. The standard InChI is InChI=1S/C25H22BrNO4/c1-16(17-7-6-8-18(26)13-17)27(14-24(28)29)25(30)31-15-23-21-11-4-2-9-19(21)20-10-3-5-12-22(20)23/h2-13,16,23H,14-15H2,1H3,(H,28,29). The molecule has 4 rings (SSSR count). The van der Waals surface area contributed by atoms with Crippen LogP contribution in [0.25, 0.3) is 11.1 Å². The van der Waals surface area contributed by atoms with Crippen LogP contribution in [0, 0.1) is 0 Å². The van der Waals surface area contributed by atoms with Gasteiger partial charge < -0.3 is 9.84 Å². The number of carboxylic acid groups (broad SMARTS) is 1. The Balaban J connectivity index is 1.55. The molecular weight excluding hydrogens is 458 g/mol. The number of ether oxygens (including phenoxy) is 1. The number of nitrogens with zero attached hydrogens (tertiary/aromatic N) is 1. The summed E-state index contributed by atoms with van der Waals surface area (Å²) in [4.78, 5) is 25.7. The second-order valence-electron chi connectivity index (χ2n) is 7.56. The largest absolute Gasteiger partial charge is 0.480 e. The molecule has 3 aromatic rings. The van der Waals surface area contributed by atoms with Gasteiger partial charge in [-0.05, 0) is 46.9 Å². The molecule has 0 spiro atoms. The van der Waals surface area contributed by atoms with Crippen LogP contribution < -0.4 is 0 Å². The van der Waals surface area contributed by atoms with Crippen LogP contribution in [-0.4, -0.2) is 35.2 Å². The number of fused-ring (bicyclic) bond motifs is 3. The minimum Gasteiger partial charge on any atom is -0.480 e. The molecule has 5 nitrogen and oxygen atoms in total. The van der Waals surface area contributed by atoms with E-state index < -0.39 is 24.6 Å². The Bertz CT molecular complexity index is 1080. The number of aliphatic carboxylic acids is 1. The van der Waals surface area contributed by atoms with E-state index in [2.05, 4.69) is 28.1 Å². The van der Waals surface area contributed by atoms with Crippen LogP contribution in [0.1, 0.15) is 35.6 Å². The van der Waals surface area contributed by atoms with Gasteiger partial charge in [0, 0.05) is 10.4 Å². The van der Waals surface area contributed by atoms with Gasteiger partial charge in [0.15, 0.2) is 0 Å². The van der Waals surface area contributed by atoms with E-state index in [1.165, 1.54) is 4.90 Å². The predicted molar refractivity (Wildman–Crippen MR) is 122 cm³/mol. The smallest absolute Gasteiger partial charge is 0.410 e. The molecule has 1 atom stereocenters. The molecule has 1 unspecified atom stereocenters. The van der Waals surface area contributed by atoms with Crippen LogP contribution in [0.4, 0.5) is 4.79 Å². The minimum atomic E-state index is -1.09. The fourth-order valence-electron chi connectivity index (χ4n) is 4.13. The van der Waals surface area contributed by atoms with Gasteiger partial charge in [0.25, 0.3) is 0 Å². The number of rotatable bonds is 6. The SMILES string of the molecule is CC(c1cccc(Br)c1)N(CC(=O)O)C(=O)OCC1c2ccccc2-c2ccccc21. The average molecular weight is 480 g/mol. The van der Waals surface area contributed by atoms with E-state index in [4.69, 9.17) is 4.74 Å². The molecule has 158 valence electrons. The zero-order valence-corrected chi connectivity index (χ0v) is 18.6. The monoisotopic (exact) mass is 479 g/mol. The van der Waals surface area contributed by atoms with Gasteiger partial charge in [-0.15, -0.1) is 0 Å². The first kappa shape index (κ1) is 21.1. The number of carboxylic acids is 1. The molecule has 6 heteroatoms. The summed E-state index contributed by atoms with van der Waals surface area (Å²) in [7, 11) is 0. The van der Waals surface area contributed by atoms with Crippen molar-refractivity contribution in [2.24, 2.45) is 0 Å². The minimum absolute atomic E-state index is 0.0794. The number of benzene rings is 3. The lowest BCUT2D eigenvalue weighted by atomic mass is 9.98. The van der Waals surface area contributed by atoms with E-state index in [1.807, 2.05) is 60.7 Å². The third-order valence-corrected chi connectivity index (χ3v) is 6.17. The highest BCUT2D eigenvalue weighted by Gasteiger charge is 2.31. The van der Waals surface area contributed by atoms with Crippen molar-refractivity contribution in [3.05, 3.63) is 94.0 Å². The lowest BCUT2D eigenvalue weighted by molar-refractivity contribution is -0.138. The average Bonchev–Trinajstić information content (AvgIpc) is 3.09. The van der Waals surface area contributed by atoms with Gasteiger partial charge in [0.1, 0.15) is 13.2 Å². The number of amides is 1. The van der Waals surface area contributed by atoms with Crippen molar-refractivity contribution in [1.29, 1.82) is 0 Å². The maximum absolute atomic E-state index is 13.0. The number of carbonyl (C=O) groups is 2. The van der Waals surface area contributed by atoms with Gasteiger partial charge in [-0.1, -0.05) is 76.6 Å². The molecule has 1 aliphatic rings. The van der Waals surface area contributed by atoms with Gasteiger partial charge in [-0.3, -0.25) is 9.69 Å². The third kappa shape index (κ3) is 4.35. The number of hydrogen-bond donors (Lipinski definition) is 1. The highest BCUT2D eigenvalue weighted by molar-refractivity contribution is 9.10. The Hall–Kier alpha value is -3.12. The van der Waals surface area contributed by atoms with Crippen molar-refractivity contribution in [2.45, 2.75) is 18.9 Å². The summed E-state index contributed by atoms with van der Waals surface area (Å²) in [5.74, 6) is -1.17. The van der Waals surface area contributed by atoms with E-state index >= 15 is 0 Å². The van der Waals surface area contributed by atoms with Gasteiger partial charge in [-0.25, -0.2) is 4.79 Å². The van der Waals surface area contributed by atoms with E-state index in [0.717, 1.165) is 32.3 Å². The van der Waals surface area contributed by atoms with Gasteiger partial charge >= 0.3 is 12.1 Å². The fraction of sp³-hybridized carbons (Fsp3) is 0.200. The molecule has 1 N–H and O–H groups in total. The maximum Gasteiger partial charge on any atom is 0.410 e.